The first-order chi connectivity index (χ1) is 6.19. The maximum Gasteiger partial charge on any atom is 0.341 e. The number of carbonyl (C=O) groups is 1. The Labute approximate surface area is 80.4 Å². The van der Waals surface area contributed by atoms with Crippen LogP contribution in [0.25, 0.3) is 0 Å². The first-order valence-corrected chi connectivity index (χ1v) is 3.84. The van der Waals surface area contributed by atoms with E-state index < -0.39 is 5.97 Å². The van der Waals surface area contributed by atoms with Crippen molar-refractivity contribution in [3.05, 3.63) is 23.0 Å². The van der Waals surface area contributed by atoms with Gasteiger partial charge in [0.25, 0.3) is 0 Å². The Morgan fingerprint density at radius 2 is 2.23 bits per heavy atom. The molecule has 5 heteroatoms. The summed E-state index contributed by atoms with van der Waals surface area (Å²) in [6.45, 7) is 0. The van der Waals surface area contributed by atoms with E-state index in [-0.39, 0.29) is 10.7 Å². The molecule has 0 aliphatic carbocycles. The molecule has 0 aromatic carbocycles. The second-order valence-electron chi connectivity index (χ2n) is 2.21. The monoisotopic (exact) mass is 201 g/mol. The van der Waals surface area contributed by atoms with Gasteiger partial charge in [0.2, 0.25) is 0 Å². The van der Waals surface area contributed by atoms with Crippen LogP contribution in [0.2, 0.25) is 5.15 Å². The number of esters is 1. The Balaban J connectivity index is 3.11. The van der Waals surface area contributed by atoms with E-state index in [2.05, 4.69) is 9.72 Å². The number of methoxy groups -OCH3 is 2. The molecule has 0 aliphatic heterocycles. The van der Waals surface area contributed by atoms with Gasteiger partial charge < -0.3 is 9.47 Å². The van der Waals surface area contributed by atoms with E-state index in [1.807, 2.05) is 0 Å². The molecule has 0 spiro atoms. The number of pyridine rings is 1. The van der Waals surface area contributed by atoms with Crippen molar-refractivity contribution in [1.29, 1.82) is 0 Å². The molecule has 1 aromatic heterocycles. The number of ether oxygens (including phenoxy) is 2. The molecule has 0 unspecified atom stereocenters. The Morgan fingerprint density at radius 1 is 1.54 bits per heavy atom. The lowest BCUT2D eigenvalue weighted by Gasteiger charge is -2.03. The van der Waals surface area contributed by atoms with Crippen LogP contribution in [0.3, 0.4) is 0 Å². The first kappa shape index (κ1) is 9.80. The normalized spacial score (nSPS) is 9.46. The molecule has 13 heavy (non-hydrogen) atoms. The summed E-state index contributed by atoms with van der Waals surface area (Å²) in [4.78, 5) is 14.9. The van der Waals surface area contributed by atoms with Crippen LogP contribution in [0.5, 0.6) is 5.75 Å². The molecule has 4 nitrogen and oxygen atoms in total. The molecule has 0 radical (unpaired) electrons. The number of aromatic nitrogens is 1. The average molecular weight is 202 g/mol. The minimum absolute atomic E-state index is 0.104. The average Bonchev–Trinajstić information content (AvgIpc) is 2.17. The van der Waals surface area contributed by atoms with Crippen LogP contribution in [0.1, 0.15) is 10.4 Å². The van der Waals surface area contributed by atoms with Crippen LogP contribution in [-0.4, -0.2) is 25.2 Å². The summed E-state index contributed by atoms with van der Waals surface area (Å²) >= 11 is 5.66. The summed E-state index contributed by atoms with van der Waals surface area (Å²) in [5.41, 5.74) is 0.198. The topological polar surface area (TPSA) is 48.4 Å². The summed E-state index contributed by atoms with van der Waals surface area (Å²) in [6, 6.07) is 1.47. The van der Waals surface area contributed by atoms with Crippen LogP contribution in [0, 0.1) is 0 Å². The molecule has 0 aliphatic rings. The van der Waals surface area contributed by atoms with E-state index in [9.17, 15) is 4.79 Å². The smallest absolute Gasteiger partial charge is 0.341 e. The van der Waals surface area contributed by atoms with E-state index in [0.717, 1.165) is 0 Å². The summed E-state index contributed by atoms with van der Waals surface area (Å²) in [5.74, 6) is -0.0683. The van der Waals surface area contributed by atoms with Gasteiger partial charge in [-0.1, -0.05) is 11.6 Å². The number of hydrogen-bond acceptors (Lipinski definition) is 4. The summed E-state index contributed by atoms with van der Waals surface area (Å²) in [5, 5.41) is 0.104. The largest absolute Gasteiger partial charge is 0.495 e. The van der Waals surface area contributed by atoms with Gasteiger partial charge in [-0.15, -0.1) is 0 Å². The zero-order valence-electron chi connectivity index (χ0n) is 7.20. The van der Waals surface area contributed by atoms with Crippen molar-refractivity contribution < 1.29 is 14.3 Å². The highest BCUT2D eigenvalue weighted by atomic mass is 35.5. The van der Waals surface area contributed by atoms with Gasteiger partial charge in [-0.2, -0.15) is 0 Å². The van der Waals surface area contributed by atoms with Gasteiger partial charge in [0.05, 0.1) is 20.4 Å². The molecule has 0 bridgehead atoms. The second-order valence-corrected chi connectivity index (χ2v) is 2.56. The number of hydrogen-bond donors (Lipinski definition) is 0. The van der Waals surface area contributed by atoms with E-state index in [1.165, 1.54) is 26.5 Å². The Bertz CT molecular complexity index is 327. The number of nitrogens with zero attached hydrogens (tertiary/aromatic N) is 1. The lowest BCUT2D eigenvalue weighted by atomic mass is 10.3. The molecule has 70 valence electrons. The zero-order valence-corrected chi connectivity index (χ0v) is 7.96. The SMILES string of the molecule is COC(=O)c1cc(OC)cnc1Cl. The van der Waals surface area contributed by atoms with Gasteiger partial charge in [0.15, 0.2) is 0 Å². The van der Waals surface area contributed by atoms with Gasteiger partial charge in [0.1, 0.15) is 16.5 Å². The quantitative estimate of drug-likeness (QED) is 0.538. The number of rotatable bonds is 2. The van der Waals surface area contributed by atoms with Gasteiger partial charge in [-0.25, -0.2) is 9.78 Å². The maximum atomic E-state index is 11.1. The molecular formula is C8H8ClNO3. The van der Waals surface area contributed by atoms with Crippen LogP contribution >= 0.6 is 11.6 Å². The van der Waals surface area contributed by atoms with E-state index in [0.29, 0.717) is 5.75 Å². The third kappa shape index (κ3) is 2.09. The van der Waals surface area contributed by atoms with Crippen molar-refractivity contribution >= 4 is 17.6 Å². The molecule has 0 saturated carbocycles. The van der Waals surface area contributed by atoms with Gasteiger partial charge in [0, 0.05) is 0 Å². The predicted molar refractivity (Wildman–Crippen MR) is 47.1 cm³/mol. The summed E-state index contributed by atoms with van der Waals surface area (Å²) in [6.07, 6.45) is 1.43. The van der Waals surface area contributed by atoms with Gasteiger partial charge in [-0.3, -0.25) is 0 Å². The van der Waals surface area contributed by atoms with Crippen LogP contribution in [0.4, 0.5) is 0 Å². The highest BCUT2D eigenvalue weighted by Crippen LogP contribution is 2.19. The molecule has 0 amide bonds. The fourth-order valence-electron chi connectivity index (χ4n) is 0.794. The lowest BCUT2D eigenvalue weighted by Crippen LogP contribution is -2.03. The molecule has 0 fully saturated rings. The first-order valence-electron chi connectivity index (χ1n) is 3.47. The standard InChI is InChI=1S/C8H8ClNO3/c1-12-5-3-6(8(11)13-2)7(9)10-4-5/h3-4H,1-2H3. The van der Waals surface area contributed by atoms with E-state index >= 15 is 0 Å². The van der Waals surface area contributed by atoms with E-state index in [1.54, 1.807) is 0 Å². The van der Waals surface area contributed by atoms with Gasteiger partial charge in [-0.05, 0) is 6.07 Å². The molecule has 1 rings (SSSR count). The summed E-state index contributed by atoms with van der Waals surface area (Å²) in [7, 11) is 2.75. The molecular weight excluding hydrogens is 194 g/mol. The number of carbonyl (C=O) groups excluding carboxylic acids is 1. The number of halogens is 1. The predicted octanol–water partition coefficient (Wildman–Crippen LogP) is 1.53. The van der Waals surface area contributed by atoms with Crippen molar-refractivity contribution in [2.24, 2.45) is 0 Å². The Kier molecular flexibility index (Phi) is 3.08. The molecule has 0 saturated heterocycles. The molecule has 1 heterocycles. The fourth-order valence-corrected chi connectivity index (χ4v) is 0.974. The second kappa shape index (κ2) is 4.09. The molecule has 0 atom stereocenters. The maximum absolute atomic E-state index is 11.1. The van der Waals surface area contributed by atoms with Crippen LogP contribution < -0.4 is 4.74 Å². The minimum Gasteiger partial charge on any atom is -0.495 e. The minimum atomic E-state index is -0.531. The summed E-state index contributed by atoms with van der Waals surface area (Å²) < 4.78 is 9.37. The van der Waals surface area contributed by atoms with Crippen LogP contribution in [0.15, 0.2) is 12.3 Å². The third-order valence-corrected chi connectivity index (χ3v) is 1.76. The molecule has 0 N–H and O–H groups in total. The highest BCUT2D eigenvalue weighted by Gasteiger charge is 2.12. The highest BCUT2D eigenvalue weighted by molar-refractivity contribution is 6.32. The van der Waals surface area contributed by atoms with Crippen LogP contribution in [-0.2, 0) is 4.74 Å². The zero-order chi connectivity index (χ0) is 9.84. The fraction of sp³-hybridized carbons (Fsp3) is 0.250. The van der Waals surface area contributed by atoms with Crippen molar-refractivity contribution in [3.63, 3.8) is 0 Å². The van der Waals surface area contributed by atoms with E-state index in [4.69, 9.17) is 16.3 Å². The van der Waals surface area contributed by atoms with Crippen molar-refractivity contribution in [2.75, 3.05) is 14.2 Å². The lowest BCUT2D eigenvalue weighted by molar-refractivity contribution is 0.0600. The van der Waals surface area contributed by atoms with Gasteiger partial charge >= 0.3 is 5.97 Å². The van der Waals surface area contributed by atoms with Crippen molar-refractivity contribution in [1.82, 2.24) is 4.98 Å². The molecule has 1 aromatic rings. The van der Waals surface area contributed by atoms with Crippen molar-refractivity contribution in [3.8, 4) is 5.75 Å². The third-order valence-electron chi connectivity index (χ3n) is 1.45. The Hall–Kier alpha value is -1.29. The Morgan fingerprint density at radius 3 is 2.77 bits per heavy atom. The van der Waals surface area contributed by atoms with Crippen molar-refractivity contribution in [2.45, 2.75) is 0 Å².